The van der Waals surface area contributed by atoms with Crippen LogP contribution in [0.4, 0.5) is 5.82 Å². The number of hydrogen-bond donors (Lipinski definition) is 0. The van der Waals surface area contributed by atoms with Crippen LogP contribution in [0, 0.1) is 17.0 Å². The van der Waals surface area contributed by atoms with Crippen LogP contribution in [0.1, 0.15) is 26.5 Å². The first-order valence-electron chi connectivity index (χ1n) is 10.3. The lowest BCUT2D eigenvalue weighted by Gasteiger charge is -2.34. The topological polar surface area (TPSA) is 93.7 Å². The monoisotopic (exact) mass is 455 g/mol. The number of aryl methyl sites for hydroxylation is 1. The van der Waals surface area contributed by atoms with Crippen LogP contribution in [-0.2, 0) is 13.1 Å². The molecule has 1 fully saturated rings. The number of rotatable bonds is 7. The van der Waals surface area contributed by atoms with E-state index in [-0.39, 0.29) is 11.7 Å². The van der Waals surface area contributed by atoms with Gasteiger partial charge in [0.25, 0.3) is 5.91 Å². The highest BCUT2D eigenvalue weighted by atomic mass is 32.1. The second-order valence-electron chi connectivity index (χ2n) is 7.80. The lowest BCUT2D eigenvalue weighted by Crippen LogP contribution is -2.48. The molecule has 4 rings (SSSR count). The van der Waals surface area contributed by atoms with Crippen LogP contribution in [0.5, 0.6) is 5.75 Å². The Balaban J connectivity index is 1.33. The smallest absolute Gasteiger partial charge is 0.390 e. The van der Waals surface area contributed by atoms with E-state index in [9.17, 15) is 14.9 Å². The Hall–Kier alpha value is -3.24. The van der Waals surface area contributed by atoms with Gasteiger partial charge in [-0.1, -0.05) is 12.1 Å². The zero-order valence-corrected chi connectivity index (χ0v) is 18.9. The Kier molecular flexibility index (Phi) is 6.52. The molecule has 0 bridgehead atoms. The third kappa shape index (κ3) is 4.97. The van der Waals surface area contributed by atoms with E-state index >= 15 is 0 Å². The molecule has 0 saturated carbocycles. The van der Waals surface area contributed by atoms with Crippen LogP contribution in [0.2, 0.25) is 0 Å². The number of methoxy groups -OCH3 is 1. The molecule has 0 spiro atoms. The molecular weight excluding hydrogens is 430 g/mol. The van der Waals surface area contributed by atoms with Crippen molar-refractivity contribution in [2.45, 2.75) is 20.0 Å². The summed E-state index contributed by atoms with van der Waals surface area (Å²) in [5.41, 5.74) is 2.82. The van der Waals surface area contributed by atoms with Gasteiger partial charge in [-0.3, -0.25) is 9.69 Å². The molecule has 9 nitrogen and oxygen atoms in total. The molecule has 3 aromatic rings. The van der Waals surface area contributed by atoms with E-state index in [0.29, 0.717) is 30.2 Å². The second-order valence-corrected chi connectivity index (χ2v) is 8.71. The molecule has 3 heterocycles. The SMILES string of the molecule is COc1cccc(CN2CCN(C(=O)c3cc(Cn4nc([N+](=O)[O-])cc4C)cs3)CC2)c1. The fraction of sp³-hybridized carbons (Fsp3) is 0.364. The van der Waals surface area contributed by atoms with Crippen molar-refractivity contribution in [1.82, 2.24) is 19.6 Å². The van der Waals surface area contributed by atoms with Gasteiger partial charge in [0.1, 0.15) is 5.75 Å². The van der Waals surface area contributed by atoms with Gasteiger partial charge in [0.05, 0.1) is 35.4 Å². The molecule has 2 aromatic heterocycles. The molecule has 1 amide bonds. The van der Waals surface area contributed by atoms with Gasteiger partial charge in [-0.15, -0.1) is 11.3 Å². The average molecular weight is 456 g/mol. The maximum Gasteiger partial charge on any atom is 0.390 e. The van der Waals surface area contributed by atoms with Crippen molar-refractivity contribution in [2.24, 2.45) is 0 Å². The summed E-state index contributed by atoms with van der Waals surface area (Å²) in [7, 11) is 1.67. The molecule has 0 unspecified atom stereocenters. The lowest BCUT2D eigenvalue weighted by atomic mass is 10.2. The molecule has 1 saturated heterocycles. The number of carbonyl (C=O) groups excluding carboxylic acids is 1. The van der Waals surface area contributed by atoms with Gasteiger partial charge in [-0.05, 0) is 46.6 Å². The zero-order chi connectivity index (χ0) is 22.7. The maximum atomic E-state index is 13.0. The number of nitrogens with zero attached hydrogens (tertiary/aromatic N) is 5. The van der Waals surface area contributed by atoms with E-state index in [2.05, 4.69) is 16.1 Å². The van der Waals surface area contributed by atoms with Crippen LogP contribution in [0.25, 0.3) is 0 Å². The van der Waals surface area contributed by atoms with E-state index in [1.165, 1.54) is 23.0 Å². The molecule has 0 atom stereocenters. The highest BCUT2D eigenvalue weighted by molar-refractivity contribution is 7.12. The summed E-state index contributed by atoms with van der Waals surface area (Å²) in [6.45, 7) is 6.01. The third-order valence-electron chi connectivity index (χ3n) is 5.55. The third-order valence-corrected chi connectivity index (χ3v) is 6.52. The maximum absolute atomic E-state index is 13.0. The van der Waals surface area contributed by atoms with E-state index in [0.717, 1.165) is 30.9 Å². The van der Waals surface area contributed by atoms with Gasteiger partial charge in [-0.2, -0.15) is 4.68 Å². The fourth-order valence-electron chi connectivity index (χ4n) is 3.78. The number of piperazine rings is 1. The van der Waals surface area contributed by atoms with Gasteiger partial charge < -0.3 is 19.8 Å². The standard InChI is InChI=1S/C22H25N5O4S/c1-16-10-21(27(29)30)23-26(16)14-18-12-20(32-15-18)22(28)25-8-6-24(7-9-25)13-17-4-3-5-19(11-17)31-2/h3-5,10-12,15H,6-9,13-14H2,1-2H3. The predicted octanol–water partition coefficient (Wildman–Crippen LogP) is 3.18. The Morgan fingerprint density at radius 2 is 1.94 bits per heavy atom. The molecule has 0 aliphatic carbocycles. The van der Waals surface area contributed by atoms with Crippen molar-refractivity contribution in [2.75, 3.05) is 33.3 Å². The van der Waals surface area contributed by atoms with Crippen molar-refractivity contribution < 1.29 is 14.5 Å². The number of thiophene rings is 1. The number of carbonyl (C=O) groups is 1. The van der Waals surface area contributed by atoms with Crippen molar-refractivity contribution in [1.29, 1.82) is 0 Å². The Morgan fingerprint density at radius 3 is 2.62 bits per heavy atom. The van der Waals surface area contributed by atoms with Crippen LogP contribution in [-0.4, -0.2) is 63.7 Å². The van der Waals surface area contributed by atoms with E-state index < -0.39 is 4.92 Å². The summed E-state index contributed by atoms with van der Waals surface area (Å²) < 4.78 is 6.88. The van der Waals surface area contributed by atoms with Crippen molar-refractivity contribution >= 4 is 23.1 Å². The normalized spacial score (nSPS) is 14.5. The van der Waals surface area contributed by atoms with Gasteiger partial charge in [0.2, 0.25) is 0 Å². The summed E-state index contributed by atoms with van der Waals surface area (Å²) in [5.74, 6) is 0.719. The quantitative estimate of drug-likeness (QED) is 0.401. The molecule has 0 N–H and O–H groups in total. The first-order chi connectivity index (χ1) is 15.4. The number of ether oxygens (including phenoxy) is 1. The second kappa shape index (κ2) is 9.49. The molecule has 1 aliphatic rings. The minimum Gasteiger partial charge on any atom is -0.497 e. The molecular formula is C22H25N5O4S. The van der Waals surface area contributed by atoms with Crippen LogP contribution in [0.3, 0.4) is 0 Å². The van der Waals surface area contributed by atoms with Crippen LogP contribution < -0.4 is 4.74 Å². The summed E-state index contributed by atoms with van der Waals surface area (Å²) in [5, 5.41) is 16.8. The van der Waals surface area contributed by atoms with Gasteiger partial charge in [0.15, 0.2) is 0 Å². The highest BCUT2D eigenvalue weighted by Gasteiger charge is 2.24. The number of aromatic nitrogens is 2. The Labute approximate surface area is 190 Å². The molecule has 10 heteroatoms. The highest BCUT2D eigenvalue weighted by Crippen LogP contribution is 2.21. The first kappa shape index (κ1) is 22.0. The lowest BCUT2D eigenvalue weighted by molar-refractivity contribution is -0.389. The van der Waals surface area contributed by atoms with Crippen LogP contribution >= 0.6 is 11.3 Å². The van der Waals surface area contributed by atoms with Crippen molar-refractivity contribution in [3.8, 4) is 5.75 Å². The first-order valence-corrected chi connectivity index (χ1v) is 11.2. The summed E-state index contributed by atoms with van der Waals surface area (Å²) in [6.07, 6.45) is 0. The molecule has 0 radical (unpaired) electrons. The number of nitro groups is 1. The van der Waals surface area contributed by atoms with Gasteiger partial charge >= 0.3 is 5.82 Å². The average Bonchev–Trinajstić information content (AvgIpc) is 3.41. The largest absolute Gasteiger partial charge is 0.497 e. The minimum atomic E-state index is -0.500. The number of benzene rings is 1. The predicted molar refractivity (Wildman–Crippen MR) is 121 cm³/mol. The molecule has 168 valence electrons. The number of hydrogen-bond acceptors (Lipinski definition) is 7. The van der Waals surface area contributed by atoms with E-state index in [4.69, 9.17) is 4.74 Å². The summed E-state index contributed by atoms with van der Waals surface area (Å²) in [6, 6.07) is 11.4. The molecule has 32 heavy (non-hydrogen) atoms. The van der Waals surface area contributed by atoms with E-state index in [1.54, 1.807) is 18.7 Å². The summed E-state index contributed by atoms with van der Waals surface area (Å²) in [4.78, 5) is 28.3. The Bertz CT molecular complexity index is 1120. The number of amides is 1. The summed E-state index contributed by atoms with van der Waals surface area (Å²) >= 11 is 1.40. The Morgan fingerprint density at radius 1 is 1.16 bits per heavy atom. The fourth-order valence-corrected chi connectivity index (χ4v) is 4.65. The van der Waals surface area contributed by atoms with E-state index in [1.807, 2.05) is 34.5 Å². The molecule has 1 aromatic carbocycles. The van der Waals surface area contributed by atoms with Crippen molar-refractivity contribution in [3.05, 3.63) is 73.6 Å². The van der Waals surface area contributed by atoms with Gasteiger partial charge in [0, 0.05) is 32.7 Å². The van der Waals surface area contributed by atoms with Crippen molar-refractivity contribution in [3.63, 3.8) is 0 Å². The van der Waals surface area contributed by atoms with Crippen LogP contribution in [0.15, 0.2) is 41.8 Å². The minimum absolute atomic E-state index is 0.0328. The zero-order valence-electron chi connectivity index (χ0n) is 18.1. The molecule has 1 aliphatic heterocycles. The van der Waals surface area contributed by atoms with Gasteiger partial charge in [-0.25, -0.2) is 0 Å².